The summed E-state index contributed by atoms with van der Waals surface area (Å²) in [6.07, 6.45) is 2.33. The van der Waals surface area contributed by atoms with Crippen LogP contribution < -0.4 is 10.5 Å². The quantitative estimate of drug-likeness (QED) is 0.635. The molecule has 1 atom stereocenters. The highest BCUT2D eigenvalue weighted by atomic mass is 32.2. The number of rotatable bonds is 5. The summed E-state index contributed by atoms with van der Waals surface area (Å²) < 4.78 is 31.8. The fourth-order valence-corrected chi connectivity index (χ4v) is 4.27. The average Bonchev–Trinajstić information content (AvgIpc) is 2.90. The van der Waals surface area contributed by atoms with E-state index in [1.54, 1.807) is 12.1 Å². The van der Waals surface area contributed by atoms with Gasteiger partial charge in [-0.2, -0.15) is 0 Å². The minimum atomic E-state index is -3.49. The molecule has 0 aromatic heterocycles. The summed E-state index contributed by atoms with van der Waals surface area (Å²) in [6.45, 7) is 0.800. The van der Waals surface area contributed by atoms with E-state index in [0.29, 0.717) is 10.6 Å². The molecule has 1 aromatic rings. The van der Waals surface area contributed by atoms with E-state index >= 15 is 0 Å². The maximum absolute atomic E-state index is 12.0. The third-order valence-electron chi connectivity index (χ3n) is 2.97. The molecular weight excluding hydrogens is 284 g/mol. The van der Waals surface area contributed by atoms with Gasteiger partial charge < -0.3 is 10.5 Å². The summed E-state index contributed by atoms with van der Waals surface area (Å²) in [4.78, 5) is 0.942. The summed E-state index contributed by atoms with van der Waals surface area (Å²) in [7, 11) is -2.09. The van der Waals surface area contributed by atoms with Gasteiger partial charge in [0, 0.05) is 22.9 Å². The largest absolute Gasteiger partial charge is 0.399 e. The highest BCUT2D eigenvalue weighted by Gasteiger charge is 2.20. The van der Waals surface area contributed by atoms with Crippen LogP contribution >= 0.6 is 11.8 Å². The van der Waals surface area contributed by atoms with Gasteiger partial charge in [-0.25, -0.2) is 13.1 Å². The van der Waals surface area contributed by atoms with E-state index in [0.717, 1.165) is 25.2 Å². The molecule has 1 fully saturated rings. The molecule has 0 aliphatic carbocycles. The lowest BCUT2D eigenvalue weighted by Crippen LogP contribution is -2.20. The van der Waals surface area contributed by atoms with E-state index < -0.39 is 10.0 Å². The number of nitrogen functional groups attached to an aromatic ring is 1. The Hall–Kier alpha value is -0.760. The molecule has 2 rings (SSSR count). The fraction of sp³-hybridized carbons (Fsp3) is 0.500. The first kappa shape index (κ1) is 14.6. The Kier molecular flexibility index (Phi) is 4.72. The van der Waals surface area contributed by atoms with Gasteiger partial charge in [-0.1, -0.05) is 0 Å². The number of ether oxygens (including phenoxy) is 1. The first-order valence-corrected chi connectivity index (χ1v) is 8.57. The van der Waals surface area contributed by atoms with Crippen LogP contribution in [0, 0.1) is 0 Å². The van der Waals surface area contributed by atoms with Crippen LogP contribution in [0.4, 0.5) is 5.69 Å². The summed E-state index contributed by atoms with van der Waals surface area (Å²) in [5.74, 6) is 0.760. The van der Waals surface area contributed by atoms with Crippen LogP contribution in [0.1, 0.15) is 12.8 Å². The minimum absolute atomic E-state index is 0.215. The van der Waals surface area contributed by atoms with Crippen LogP contribution in [0.3, 0.4) is 0 Å². The summed E-state index contributed by atoms with van der Waals surface area (Å²) >= 11 is 1.50. The van der Waals surface area contributed by atoms with Crippen molar-refractivity contribution in [3.63, 3.8) is 0 Å². The van der Waals surface area contributed by atoms with E-state index in [4.69, 9.17) is 10.5 Å². The Morgan fingerprint density at radius 3 is 2.95 bits per heavy atom. The number of nitrogens with two attached hydrogens (primary N) is 1. The summed E-state index contributed by atoms with van der Waals surface area (Å²) in [5, 5.41) is 0. The van der Waals surface area contributed by atoms with Gasteiger partial charge in [-0.3, -0.25) is 0 Å². The van der Waals surface area contributed by atoms with E-state index in [-0.39, 0.29) is 11.0 Å². The molecule has 1 aromatic carbocycles. The minimum Gasteiger partial charge on any atom is -0.399 e. The Balaban J connectivity index is 2.19. The molecule has 7 heteroatoms. The van der Waals surface area contributed by atoms with Crippen LogP contribution in [0.25, 0.3) is 0 Å². The van der Waals surface area contributed by atoms with Crippen LogP contribution in [-0.2, 0) is 14.8 Å². The molecule has 0 spiro atoms. The van der Waals surface area contributed by atoms with Crippen LogP contribution in [0.15, 0.2) is 28.0 Å². The van der Waals surface area contributed by atoms with Crippen LogP contribution in [0.2, 0.25) is 0 Å². The van der Waals surface area contributed by atoms with Crippen molar-refractivity contribution >= 4 is 27.5 Å². The molecule has 0 bridgehead atoms. The Labute approximate surface area is 118 Å². The third-order valence-corrected chi connectivity index (χ3v) is 5.76. The molecule has 1 unspecified atom stereocenters. The molecule has 1 heterocycles. The highest BCUT2D eigenvalue weighted by molar-refractivity contribution is 8.00. The van der Waals surface area contributed by atoms with Crippen molar-refractivity contribution in [3.05, 3.63) is 18.2 Å². The molecule has 19 heavy (non-hydrogen) atoms. The Morgan fingerprint density at radius 2 is 2.32 bits per heavy atom. The zero-order valence-corrected chi connectivity index (χ0v) is 12.4. The highest BCUT2D eigenvalue weighted by Crippen LogP contribution is 2.30. The SMILES string of the molecule is CNS(=O)(=O)c1cc(N)ccc1SCC1CCCO1. The molecule has 0 radical (unpaired) electrons. The predicted octanol–water partition coefficient (Wildman–Crippen LogP) is 1.45. The van der Waals surface area contributed by atoms with Crippen molar-refractivity contribution < 1.29 is 13.2 Å². The monoisotopic (exact) mass is 302 g/mol. The second-order valence-electron chi connectivity index (χ2n) is 4.36. The van der Waals surface area contributed by atoms with Gasteiger partial charge in [0.15, 0.2) is 0 Å². The van der Waals surface area contributed by atoms with Gasteiger partial charge in [0.25, 0.3) is 0 Å². The van der Waals surface area contributed by atoms with Gasteiger partial charge in [-0.05, 0) is 38.1 Å². The number of hydrogen-bond donors (Lipinski definition) is 2. The topological polar surface area (TPSA) is 81.4 Å². The van der Waals surface area contributed by atoms with Gasteiger partial charge in [0.1, 0.15) is 0 Å². The zero-order valence-electron chi connectivity index (χ0n) is 10.8. The molecule has 1 aliphatic rings. The lowest BCUT2D eigenvalue weighted by Gasteiger charge is -2.12. The van der Waals surface area contributed by atoms with Crippen molar-refractivity contribution in [1.82, 2.24) is 4.72 Å². The second-order valence-corrected chi connectivity index (χ2v) is 7.28. The number of benzene rings is 1. The first-order chi connectivity index (χ1) is 9.03. The molecule has 0 amide bonds. The Morgan fingerprint density at radius 1 is 1.53 bits per heavy atom. The predicted molar refractivity (Wildman–Crippen MR) is 76.8 cm³/mol. The number of nitrogens with one attached hydrogen (secondary N) is 1. The van der Waals surface area contributed by atoms with Gasteiger partial charge in [0.05, 0.1) is 11.0 Å². The van der Waals surface area contributed by atoms with E-state index in [2.05, 4.69) is 4.72 Å². The molecule has 1 aliphatic heterocycles. The van der Waals surface area contributed by atoms with Gasteiger partial charge in [-0.15, -0.1) is 11.8 Å². The standard InChI is InChI=1S/C12H18N2O3S2/c1-14-19(15,16)12-7-9(13)4-5-11(12)18-8-10-3-2-6-17-10/h4-5,7,10,14H,2-3,6,8,13H2,1H3. The van der Waals surface area contributed by atoms with E-state index in [1.165, 1.54) is 24.9 Å². The molecule has 3 N–H and O–H groups in total. The second kappa shape index (κ2) is 6.13. The van der Waals surface area contributed by atoms with E-state index in [9.17, 15) is 8.42 Å². The van der Waals surface area contributed by atoms with Gasteiger partial charge >= 0.3 is 0 Å². The van der Waals surface area contributed by atoms with E-state index in [1.807, 2.05) is 0 Å². The molecule has 1 saturated heterocycles. The van der Waals surface area contributed by atoms with Crippen LogP contribution in [-0.4, -0.2) is 33.9 Å². The van der Waals surface area contributed by atoms with Crippen LogP contribution in [0.5, 0.6) is 0 Å². The number of sulfonamides is 1. The van der Waals surface area contributed by atoms with Crippen molar-refractivity contribution in [1.29, 1.82) is 0 Å². The molecular formula is C12H18N2O3S2. The normalized spacial score (nSPS) is 19.7. The summed E-state index contributed by atoms with van der Waals surface area (Å²) in [6, 6.07) is 4.95. The molecule has 106 valence electrons. The lowest BCUT2D eigenvalue weighted by molar-refractivity contribution is 0.129. The fourth-order valence-electron chi connectivity index (χ4n) is 1.92. The van der Waals surface area contributed by atoms with Gasteiger partial charge in [0.2, 0.25) is 10.0 Å². The summed E-state index contributed by atoms with van der Waals surface area (Å²) in [5.41, 5.74) is 6.11. The van der Waals surface area contributed by atoms with Crippen molar-refractivity contribution in [2.45, 2.75) is 28.7 Å². The van der Waals surface area contributed by atoms with Crippen molar-refractivity contribution in [2.75, 3.05) is 25.1 Å². The number of anilines is 1. The lowest BCUT2D eigenvalue weighted by atomic mass is 10.3. The first-order valence-electron chi connectivity index (χ1n) is 6.10. The smallest absolute Gasteiger partial charge is 0.241 e. The third kappa shape index (κ3) is 3.62. The average molecular weight is 302 g/mol. The van der Waals surface area contributed by atoms with Crippen molar-refractivity contribution in [2.24, 2.45) is 0 Å². The number of hydrogen-bond acceptors (Lipinski definition) is 5. The maximum atomic E-state index is 12.0. The molecule has 5 nitrogen and oxygen atoms in total. The number of thioether (sulfide) groups is 1. The Bertz CT molecular complexity index is 540. The van der Waals surface area contributed by atoms with Crippen molar-refractivity contribution in [3.8, 4) is 0 Å². The maximum Gasteiger partial charge on any atom is 0.241 e. The molecule has 0 saturated carbocycles. The zero-order chi connectivity index (χ0) is 13.9.